The summed E-state index contributed by atoms with van der Waals surface area (Å²) >= 11 is 1.82. The van der Waals surface area contributed by atoms with Crippen LogP contribution in [-0.4, -0.2) is 15.7 Å². The topological polar surface area (TPSA) is 50.2 Å². The van der Waals surface area contributed by atoms with E-state index < -0.39 is 0 Å². The van der Waals surface area contributed by atoms with Crippen molar-refractivity contribution in [3.05, 3.63) is 76.9 Å². The minimum Gasteiger partial charge on any atom is -0.260 e. The lowest BCUT2D eigenvalue weighted by Gasteiger charge is -2.36. The van der Waals surface area contributed by atoms with Gasteiger partial charge in [0.05, 0.1) is 11.1 Å². The molecule has 4 nitrogen and oxygen atoms in total. The van der Waals surface area contributed by atoms with Gasteiger partial charge in [-0.15, -0.1) is 11.3 Å². The summed E-state index contributed by atoms with van der Waals surface area (Å²) in [5.74, 6) is 1.50. The fraction of sp³-hybridized carbons (Fsp3) is 0.345. The van der Waals surface area contributed by atoms with Crippen molar-refractivity contribution in [2.24, 2.45) is 16.4 Å². The van der Waals surface area contributed by atoms with E-state index in [1.54, 1.807) is 6.33 Å². The van der Waals surface area contributed by atoms with E-state index in [9.17, 15) is 0 Å². The second-order valence-electron chi connectivity index (χ2n) is 9.94. The Hall–Kier alpha value is -3.05. The fourth-order valence-corrected chi connectivity index (χ4v) is 6.07. The SMILES string of the molecule is CCC(C)(C)C1CCc2sc3ncnc(NN=C(C)c4ccc(-c5ccccc5)cc4)c3c2C1. The van der Waals surface area contributed by atoms with E-state index in [2.05, 4.69) is 84.7 Å². The predicted octanol–water partition coefficient (Wildman–Crippen LogP) is 7.74. The van der Waals surface area contributed by atoms with E-state index in [1.807, 2.05) is 24.3 Å². The van der Waals surface area contributed by atoms with Crippen molar-refractivity contribution in [2.75, 3.05) is 5.43 Å². The average Bonchev–Trinajstić information content (AvgIpc) is 3.26. The molecular weight excluding hydrogens is 436 g/mol. The predicted molar refractivity (Wildman–Crippen MR) is 145 cm³/mol. The summed E-state index contributed by atoms with van der Waals surface area (Å²) in [5, 5.41) is 5.87. The molecule has 0 radical (unpaired) electrons. The van der Waals surface area contributed by atoms with Gasteiger partial charge in [-0.2, -0.15) is 5.10 Å². The number of aryl methyl sites for hydroxylation is 1. The van der Waals surface area contributed by atoms with Crippen LogP contribution < -0.4 is 5.43 Å². The molecule has 1 aliphatic carbocycles. The number of aromatic nitrogens is 2. The molecule has 5 heteroatoms. The van der Waals surface area contributed by atoms with Gasteiger partial charge in [-0.3, -0.25) is 5.43 Å². The van der Waals surface area contributed by atoms with E-state index in [-0.39, 0.29) is 0 Å². The van der Waals surface area contributed by atoms with Crippen LogP contribution in [0.1, 0.15) is 56.5 Å². The lowest BCUT2D eigenvalue weighted by Crippen LogP contribution is -2.28. The van der Waals surface area contributed by atoms with Gasteiger partial charge in [-0.1, -0.05) is 81.8 Å². The summed E-state index contributed by atoms with van der Waals surface area (Å²) in [5.41, 5.74) is 9.50. The van der Waals surface area contributed by atoms with Crippen LogP contribution in [0.15, 0.2) is 66.0 Å². The molecule has 2 aromatic heterocycles. The zero-order valence-electron chi connectivity index (χ0n) is 20.4. The minimum absolute atomic E-state index is 0.343. The van der Waals surface area contributed by atoms with Crippen molar-refractivity contribution in [3.63, 3.8) is 0 Å². The highest BCUT2D eigenvalue weighted by Crippen LogP contribution is 2.45. The van der Waals surface area contributed by atoms with Gasteiger partial charge in [0, 0.05) is 4.88 Å². The van der Waals surface area contributed by atoms with E-state index in [1.165, 1.54) is 34.4 Å². The quantitative estimate of drug-likeness (QED) is 0.233. The fourth-order valence-electron chi connectivity index (χ4n) is 4.88. The maximum Gasteiger partial charge on any atom is 0.158 e. The van der Waals surface area contributed by atoms with Crippen molar-refractivity contribution < 1.29 is 0 Å². The second kappa shape index (κ2) is 9.30. The van der Waals surface area contributed by atoms with E-state index in [0.29, 0.717) is 11.3 Å². The Balaban J connectivity index is 1.41. The van der Waals surface area contributed by atoms with Crippen molar-refractivity contribution in [2.45, 2.75) is 53.4 Å². The highest BCUT2D eigenvalue weighted by atomic mass is 32.1. The third-order valence-corrected chi connectivity index (χ3v) is 8.80. The standard InChI is InChI=1S/C29H32N4S/c1-5-29(3,4)23-15-16-25-24(17-23)26-27(30-18-31-28(26)34-25)33-32-19(2)20-11-13-22(14-12-20)21-9-7-6-8-10-21/h6-14,18,23H,5,15-17H2,1-4H3,(H,30,31,33). The zero-order chi connectivity index (χ0) is 23.7. The first-order valence-electron chi connectivity index (χ1n) is 12.2. The molecule has 0 saturated carbocycles. The molecule has 2 heterocycles. The lowest BCUT2D eigenvalue weighted by molar-refractivity contribution is 0.184. The normalized spacial score (nSPS) is 16.5. The van der Waals surface area contributed by atoms with Gasteiger partial charge in [0.1, 0.15) is 11.2 Å². The number of hydrazone groups is 1. The Morgan fingerprint density at radius 2 is 1.79 bits per heavy atom. The first kappa shape index (κ1) is 22.7. The Bertz CT molecular complexity index is 1320. The first-order valence-corrected chi connectivity index (χ1v) is 13.0. The van der Waals surface area contributed by atoms with Crippen LogP contribution in [0.3, 0.4) is 0 Å². The minimum atomic E-state index is 0.343. The third kappa shape index (κ3) is 4.37. The second-order valence-corrected chi connectivity index (χ2v) is 11.0. The Morgan fingerprint density at radius 3 is 2.53 bits per heavy atom. The Morgan fingerprint density at radius 1 is 1.06 bits per heavy atom. The lowest BCUT2D eigenvalue weighted by atomic mass is 9.69. The van der Waals surface area contributed by atoms with Gasteiger partial charge in [0.25, 0.3) is 0 Å². The van der Waals surface area contributed by atoms with Crippen LogP contribution in [0.4, 0.5) is 5.82 Å². The van der Waals surface area contributed by atoms with Crippen molar-refractivity contribution in [1.29, 1.82) is 0 Å². The summed E-state index contributed by atoms with van der Waals surface area (Å²) in [6.45, 7) is 9.15. The monoisotopic (exact) mass is 468 g/mol. The molecule has 1 aliphatic rings. The van der Waals surface area contributed by atoms with Crippen LogP contribution in [0.5, 0.6) is 0 Å². The average molecular weight is 469 g/mol. The number of rotatable bonds is 6. The van der Waals surface area contributed by atoms with Crippen molar-refractivity contribution in [3.8, 4) is 11.1 Å². The number of thiophene rings is 1. The summed E-state index contributed by atoms with van der Waals surface area (Å²) in [6.07, 6.45) is 6.34. The molecule has 1 unspecified atom stereocenters. The number of fused-ring (bicyclic) bond motifs is 3. The van der Waals surface area contributed by atoms with Gasteiger partial charge in [-0.25, -0.2) is 9.97 Å². The third-order valence-electron chi connectivity index (χ3n) is 7.60. The van der Waals surface area contributed by atoms with Gasteiger partial charge in [0.15, 0.2) is 5.82 Å². The number of hydrogen-bond donors (Lipinski definition) is 1. The molecule has 0 bridgehead atoms. The molecule has 5 rings (SSSR count). The van der Waals surface area contributed by atoms with Gasteiger partial charge in [-0.05, 0) is 59.8 Å². The maximum atomic E-state index is 4.71. The molecule has 0 spiro atoms. The highest BCUT2D eigenvalue weighted by Gasteiger charge is 2.33. The van der Waals surface area contributed by atoms with Crippen LogP contribution in [0.2, 0.25) is 0 Å². The molecule has 174 valence electrons. The molecule has 4 aromatic rings. The number of nitrogens with one attached hydrogen (secondary N) is 1. The zero-order valence-corrected chi connectivity index (χ0v) is 21.2. The van der Waals surface area contributed by atoms with Gasteiger partial charge in [0.2, 0.25) is 0 Å². The summed E-state index contributed by atoms with van der Waals surface area (Å²) in [6, 6.07) is 19.0. The van der Waals surface area contributed by atoms with E-state index >= 15 is 0 Å². The highest BCUT2D eigenvalue weighted by molar-refractivity contribution is 7.19. The van der Waals surface area contributed by atoms with Crippen LogP contribution >= 0.6 is 11.3 Å². The largest absolute Gasteiger partial charge is 0.260 e. The van der Waals surface area contributed by atoms with Crippen LogP contribution in [-0.2, 0) is 12.8 Å². The summed E-state index contributed by atoms with van der Waals surface area (Å²) in [7, 11) is 0. The number of benzene rings is 2. The van der Waals surface area contributed by atoms with Gasteiger partial charge < -0.3 is 0 Å². The Kier molecular flexibility index (Phi) is 6.22. The van der Waals surface area contributed by atoms with Crippen LogP contribution in [0.25, 0.3) is 21.3 Å². The van der Waals surface area contributed by atoms with E-state index in [0.717, 1.165) is 40.2 Å². The number of hydrogen-bond acceptors (Lipinski definition) is 5. The van der Waals surface area contributed by atoms with Gasteiger partial charge >= 0.3 is 0 Å². The molecule has 2 aromatic carbocycles. The molecule has 0 amide bonds. The number of nitrogens with zero attached hydrogens (tertiary/aromatic N) is 3. The summed E-state index contributed by atoms with van der Waals surface area (Å²) < 4.78 is 0. The van der Waals surface area contributed by atoms with Crippen molar-refractivity contribution in [1.82, 2.24) is 9.97 Å². The summed E-state index contributed by atoms with van der Waals surface area (Å²) in [4.78, 5) is 11.7. The first-order chi connectivity index (χ1) is 16.5. The smallest absolute Gasteiger partial charge is 0.158 e. The maximum absolute atomic E-state index is 4.71. The van der Waals surface area contributed by atoms with Crippen molar-refractivity contribution >= 4 is 33.1 Å². The molecule has 1 N–H and O–H groups in total. The Labute approximate surface area is 206 Å². The van der Waals surface area contributed by atoms with E-state index in [4.69, 9.17) is 5.10 Å². The number of anilines is 1. The van der Waals surface area contributed by atoms with Crippen LogP contribution in [0, 0.1) is 11.3 Å². The molecule has 34 heavy (non-hydrogen) atoms. The molecule has 0 fully saturated rings. The molecule has 0 saturated heterocycles. The molecular formula is C29H32N4S. The molecule has 0 aliphatic heterocycles. The molecule has 1 atom stereocenters.